The van der Waals surface area contributed by atoms with Gasteiger partial charge in [-0.05, 0) is 37.1 Å². The number of amides is 1. The summed E-state index contributed by atoms with van der Waals surface area (Å²) in [5, 5.41) is 2.66. The lowest BCUT2D eigenvalue weighted by molar-refractivity contribution is -0.120. The van der Waals surface area contributed by atoms with Crippen LogP contribution in [0.1, 0.15) is 12.8 Å². The highest BCUT2D eigenvalue weighted by Crippen LogP contribution is 2.15. The first-order valence-corrected chi connectivity index (χ1v) is 8.51. The minimum atomic E-state index is -3.72. The van der Waals surface area contributed by atoms with Gasteiger partial charge in [0.05, 0.1) is 24.7 Å². The Morgan fingerprint density at radius 2 is 2.09 bits per heavy atom. The molecule has 0 saturated carbocycles. The van der Waals surface area contributed by atoms with Crippen molar-refractivity contribution in [1.82, 2.24) is 10.0 Å². The Bertz CT molecular complexity index is 594. The second-order valence-electron chi connectivity index (χ2n) is 4.94. The van der Waals surface area contributed by atoms with E-state index in [9.17, 15) is 13.2 Å². The second kappa shape index (κ2) is 7.57. The fraction of sp³-hybridized carbons (Fsp3) is 0.500. The van der Waals surface area contributed by atoms with Crippen LogP contribution in [0.3, 0.4) is 0 Å². The highest BCUT2D eigenvalue weighted by Gasteiger charge is 2.18. The molecule has 1 saturated heterocycles. The standard InChI is InChI=1S/C14H20N2O5S/c1-20-11-4-6-13(7-5-11)22(18,19)16-10-14(17)15-9-12-3-2-8-21-12/h4-7,12,16H,2-3,8-10H2,1H3,(H,15,17)/t12-/m0/s1. The van der Waals surface area contributed by atoms with Crippen LogP contribution in [0.15, 0.2) is 29.2 Å². The lowest BCUT2D eigenvalue weighted by Crippen LogP contribution is -2.39. The van der Waals surface area contributed by atoms with Gasteiger partial charge in [-0.3, -0.25) is 4.79 Å². The van der Waals surface area contributed by atoms with Crippen molar-refractivity contribution in [3.63, 3.8) is 0 Å². The quantitative estimate of drug-likeness (QED) is 0.749. The topological polar surface area (TPSA) is 93.7 Å². The summed E-state index contributed by atoms with van der Waals surface area (Å²) in [5.74, 6) is 0.181. The molecule has 1 fully saturated rings. The fourth-order valence-corrected chi connectivity index (χ4v) is 3.08. The van der Waals surface area contributed by atoms with Gasteiger partial charge in [-0.2, -0.15) is 0 Å². The Morgan fingerprint density at radius 3 is 2.68 bits per heavy atom. The number of carbonyl (C=O) groups excluding carboxylic acids is 1. The monoisotopic (exact) mass is 328 g/mol. The molecule has 0 unspecified atom stereocenters. The van der Waals surface area contributed by atoms with Crippen molar-refractivity contribution in [3.05, 3.63) is 24.3 Å². The molecule has 1 aliphatic heterocycles. The first-order chi connectivity index (χ1) is 10.5. The molecule has 1 amide bonds. The van der Waals surface area contributed by atoms with E-state index in [2.05, 4.69) is 10.0 Å². The van der Waals surface area contributed by atoms with Crippen molar-refractivity contribution in [3.8, 4) is 5.75 Å². The number of sulfonamides is 1. The molecule has 0 aliphatic carbocycles. The first kappa shape index (κ1) is 16.7. The van der Waals surface area contributed by atoms with Crippen LogP contribution in [-0.4, -0.2) is 47.2 Å². The molecular formula is C14H20N2O5S. The van der Waals surface area contributed by atoms with E-state index in [1.54, 1.807) is 12.1 Å². The molecule has 2 rings (SSSR count). The third kappa shape index (κ3) is 4.69. The maximum atomic E-state index is 12.0. The predicted molar refractivity (Wildman–Crippen MR) is 80.2 cm³/mol. The summed E-state index contributed by atoms with van der Waals surface area (Å²) < 4.78 is 36.7. The summed E-state index contributed by atoms with van der Waals surface area (Å²) in [6, 6.07) is 5.94. The number of rotatable bonds is 7. The molecule has 0 spiro atoms. The molecule has 8 heteroatoms. The number of nitrogens with one attached hydrogen (secondary N) is 2. The van der Waals surface area contributed by atoms with Gasteiger partial charge in [0.15, 0.2) is 0 Å². The summed E-state index contributed by atoms with van der Waals surface area (Å²) in [4.78, 5) is 11.7. The van der Waals surface area contributed by atoms with Gasteiger partial charge in [-0.15, -0.1) is 0 Å². The van der Waals surface area contributed by atoms with E-state index in [1.165, 1.54) is 19.2 Å². The molecule has 0 bridgehead atoms. The van der Waals surface area contributed by atoms with Crippen LogP contribution in [0.25, 0.3) is 0 Å². The van der Waals surface area contributed by atoms with Gasteiger partial charge in [0, 0.05) is 13.2 Å². The molecule has 2 N–H and O–H groups in total. The normalized spacial score (nSPS) is 18.1. The first-order valence-electron chi connectivity index (χ1n) is 7.03. The Hall–Kier alpha value is -1.64. The van der Waals surface area contributed by atoms with Crippen LogP contribution >= 0.6 is 0 Å². The van der Waals surface area contributed by atoms with Gasteiger partial charge in [-0.25, -0.2) is 13.1 Å². The predicted octanol–water partition coefficient (Wildman–Crippen LogP) is 0.269. The van der Waals surface area contributed by atoms with Crippen molar-refractivity contribution >= 4 is 15.9 Å². The summed E-state index contributed by atoms with van der Waals surface area (Å²) in [6.07, 6.45) is 1.94. The van der Waals surface area contributed by atoms with Crippen molar-refractivity contribution < 1.29 is 22.7 Å². The molecule has 1 aromatic rings. The van der Waals surface area contributed by atoms with Gasteiger partial charge < -0.3 is 14.8 Å². The number of hydrogen-bond acceptors (Lipinski definition) is 5. The molecule has 1 aliphatic rings. The van der Waals surface area contributed by atoms with E-state index in [0.29, 0.717) is 18.9 Å². The van der Waals surface area contributed by atoms with Crippen LogP contribution in [0.2, 0.25) is 0 Å². The average Bonchev–Trinajstić information content (AvgIpc) is 3.04. The van der Waals surface area contributed by atoms with E-state index in [4.69, 9.17) is 9.47 Å². The number of benzene rings is 1. The van der Waals surface area contributed by atoms with Crippen LogP contribution in [-0.2, 0) is 19.6 Å². The van der Waals surface area contributed by atoms with E-state index in [1.807, 2.05) is 0 Å². The minimum absolute atomic E-state index is 0.0298. The van der Waals surface area contributed by atoms with Crippen molar-refractivity contribution in [2.45, 2.75) is 23.8 Å². The fourth-order valence-electron chi connectivity index (χ4n) is 2.09. The lowest BCUT2D eigenvalue weighted by atomic mass is 10.2. The average molecular weight is 328 g/mol. The summed E-state index contributed by atoms with van der Waals surface area (Å²) in [7, 11) is -2.22. The number of carbonyl (C=O) groups is 1. The zero-order valence-corrected chi connectivity index (χ0v) is 13.2. The highest BCUT2D eigenvalue weighted by atomic mass is 32.2. The largest absolute Gasteiger partial charge is 0.497 e. The molecule has 0 aromatic heterocycles. The zero-order valence-electron chi connectivity index (χ0n) is 12.4. The van der Waals surface area contributed by atoms with Gasteiger partial charge >= 0.3 is 0 Å². The molecule has 1 aromatic carbocycles. The van der Waals surface area contributed by atoms with Gasteiger partial charge in [0.2, 0.25) is 15.9 Å². The smallest absolute Gasteiger partial charge is 0.241 e. The third-order valence-corrected chi connectivity index (χ3v) is 4.76. The van der Waals surface area contributed by atoms with Gasteiger partial charge in [0.25, 0.3) is 0 Å². The molecule has 122 valence electrons. The lowest BCUT2D eigenvalue weighted by Gasteiger charge is -2.11. The van der Waals surface area contributed by atoms with Crippen molar-refractivity contribution in [2.24, 2.45) is 0 Å². The van der Waals surface area contributed by atoms with E-state index < -0.39 is 10.0 Å². The highest BCUT2D eigenvalue weighted by molar-refractivity contribution is 7.89. The Kier molecular flexibility index (Phi) is 5.76. The molecular weight excluding hydrogens is 308 g/mol. The Labute approximate surface area is 130 Å². The number of ether oxygens (including phenoxy) is 2. The van der Waals surface area contributed by atoms with Crippen LogP contribution in [0, 0.1) is 0 Å². The van der Waals surface area contributed by atoms with E-state index >= 15 is 0 Å². The number of methoxy groups -OCH3 is 1. The molecule has 22 heavy (non-hydrogen) atoms. The summed E-state index contributed by atoms with van der Waals surface area (Å²) in [5.41, 5.74) is 0. The van der Waals surface area contributed by atoms with Crippen LogP contribution in [0.4, 0.5) is 0 Å². The number of hydrogen-bond donors (Lipinski definition) is 2. The molecule has 1 heterocycles. The van der Waals surface area contributed by atoms with Gasteiger partial charge in [0.1, 0.15) is 5.75 Å². The van der Waals surface area contributed by atoms with Crippen molar-refractivity contribution in [1.29, 1.82) is 0 Å². The molecule has 1 atom stereocenters. The summed E-state index contributed by atoms with van der Waals surface area (Å²) >= 11 is 0. The van der Waals surface area contributed by atoms with E-state index in [0.717, 1.165) is 12.8 Å². The van der Waals surface area contributed by atoms with Gasteiger partial charge in [-0.1, -0.05) is 0 Å². The van der Waals surface area contributed by atoms with Crippen molar-refractivity contribution in [2.75, 3.05) is 26.8 Å². The van der Waals surface area contributed by atoms with E-state index in [-0.39, 0.29) is 23.5 Å². The molecule has 0 radical (unpaired) electrons. The Morgan fingerprint density at radius 1 is 1.36 bits per heavy atom. The zero-order chi connectivity index (χ0) is 16.0. The maximum absolute atomic E-state index is 12.0. The third-order valence-electron chi connectivity index (χ3n) is 3.34. The Balaban J connectivity index is 1.81. The summed E-state index contributed by atoms with van der Waals surface area (Å²) in [6.45, 7) is 0.814. The van der Waals surface area contributed by atoms with Crippen LogP contribution in [0.5, 0.6) is 5.75 Å². The van der Waals surface area contributed by atoms with Crippen LogP contribution < -0.4 is 14.8 Å². The minimum Gasteiger partial charge on any atom is -0.497 e. The SMILES string of the molecule is COc1ccc(S(=O)(=O)NCC(=O)NC[C@@H]2CCCO2)cc1. The molecule has 7 nitrogen and oxygen atoms in total. The maximum Gasteiger partial charge on any atom is 0.241 e. The second-order valence-corrected chi connectivity index (χ2v) is 6.71.